The molecule has 2 aromatic carbocycles. The lowest BCUT2D eigenvalue weighted by molar-refractivity contribution is -0.125. The van der Waals surface area contributed by atoms with Crippen LogP contribution in [0.4, 0.5) is 0 Å². The highest BCUT2D eigenvalue weighted by molar-refractivity contribution is 5.78. The summed E-state index contributed by atoms with van der Waals surface area (Å²) in [7, 11) is 0. The van der Waals surface area contributed by atoms with Gasteiger partial charge in [-0.2, -0.15) is 0 Å². The van der Waals surface area contributed by atoms with E-state index in [1.165, 1.54) is 11.1 Å². The van der Waals surface area contributed by atoms with Gasteiger partial charge in [0.15, 0.2) is 0 Å². The summed E-state index contributed by atoms with van der Waals surface area (Å²) < 4.78 is 8.26. The number of para-hydroxylation sites is 2. The third-order valence-electron chi connectivity index (χ3n) is 6.34. The van der Waals surface area contributed by atoms with E-state index >= 15 is 0 Å². The zero-order chi connectivity index (χ0) is 23.5. The number of hydrogen-bond donors (Lipinski definition) is 1. The number of ether oxygens (including phenoxy) is 1. The Hall–Kier alpha value is -2.82. The Balaban J connectivity index is 1.50. The molecule has 3 aromatic rings. The van der Waals surface area contributed by atoms with Crippen molar-refractivity contribution in [3.63, 3.8) is 0 Å². The lowest BCUT2D eigenvalue weighted by Crippen LogP contribution is -2.31. The lowest BCUT2D eigenvalue weighted by atomic mass is 10.0. The fourth-order valence-corrected chi connectivity index (χ4v) is 4.21. The first kappa shape index (κ1) is 24.8. The molecule has 1 aromatic heterocycles. The molecule has 0 spiro atoms. The second-order valence-corrected chi connectivity index (χ2v) is 8.63. The summed E-state index contributed by atoms with van der Waals surface area (Å²) >= 11 is 0. The molecule has 5 heteroatoms. The fraction of sp³-hybridized carbons (Fsp3) is 0.500. The van der Waals surface area contributed by atoms with E-state index < -0.39 is 0 Å². The zero-order valence-electron chi connectivity index (χ0n) is 20.5. The van der Waals surface area contributed by atoms with Gasteiger partial charge in [0.05, 0.1) is 17.6 Å². The molecule has 0 unspecified atom stereocenters. The Kier molecular flexibility index (Phi) is 9.79. The topological polar surface area (TPSA) is 56.1 Å². The lowest BCUT2D eigenvalue weighted by Gasteiger charge is -2.13. The van der Waals surface area contributed by atoms with E-state index in [9.17, 15) is 4.79 Å². The van der Waals surface area contributed by atoms with Crippen molar-refractivity contribution in [1.29, 1.82) is 0 Å². The quantitative estimate of drug-likeness (QED) is 0.310. The van der Waals surface area contributed by atoms with Gasteiger partial charge >= 0.3 is 0 Å². The highest BCUT2D eigenvalue weighted by Crippen LogP contribution is 2.19. The Morgan fingerprint density at radius 1 is 1.00 bits per heavy atom. The number of aryl methyl sites for hydroxylation is 3. The Bertz CT molecular complexity index is 990. The molecule has 1 N–H and O–H groups in total. The molecular weight excluding hydrogens is 410 g/mol. The van der Waals surface area contributed by atoms with Crippen LogP contribution in [0.3, 0.4) is 0 Å². The van der Waals surface area contributed by atoms with Gasteiger partial charge in [0, 0.05) is 25.4 Å². The maximum Gasteiger partial charge on any atom is 0.223 e. The summed E-state index contributed by atoms with van der Waals surface area (Å²) in [5, 5.41) is 3.10. The molecule has 0 aliphatic heterocycles. The average molecular weight is 450 g/mol. The number of hydrogen-bond acceptors (Lipinski definition) is 3. The van der Waals surface area contributed by atoms with Crippen LogP contribution >= 0.6 is 0 Å². The highest BCUT2D eigenvalue weighted by atomic mass is 16.5. The van der Waals surface area contributed by atoms with E-state index in [0.29, 0.717) is 6.54 Å². The van der Waals surface area contributed by atoms with Crippen LogP contribution in [0.15, 0.2) is 48.5 Å². The van der Waals surface area contributed by atoms with E-state index in [1.807, 2.05) is 6.07 Å². The maximum atomic E-state index is 12.2. The summed E-state index contributed by atoms with van der Waals surface area (Å²) in [6.45, 7) is 8.65. The SMILES string of the molecule is CCc1ccc(OCCCCn2c(CCCNC(=O)C(CC)CC)nc3ccccc32)cc1. The number of benzene rings is 2. The van der Waals surface area contributed by atoms with Crippen molar-refractivity contribution in [3.8, 4) is 5.75 Å². The number of fused-ring (bicyclic) bond motifs is 1. The van der Waals surface area contributed by atoms with Gasteiger partial charge in [0.1, 0.15) is 11.6 Å². The first-order chi connectivity index (χ1) is 16.2. The molecule has 0 fully saturated rings. The van der Waals surface area contributed by atoms with Gasteiger partial charge in [0.2, 0.25) is 5.91 Å². The minimum atomic E-state index is 0.126. The number of aromatic nitrogens is 2. The molecule has 178 valence electrons. The molecule has 0 saturated carbocycles. The van der Waals surface area contributed by atoms with Crippen LogP contribution in [0.5, 0.6) is 5.75 Å². The molecule has 0 saturated heterocycles. The van der Waals surface area contributed by atoms with Crippen molar-refractivity contribution in [2.24, 2.45) is 5.92 Å². The van der Waals surface area contributed by atoms with Crippen molar-refractivity contribution in [3.05, 3.63) is 59.9 Å². The number of amides is 1. The fourth-order valence-electron chi connectivity index (χ4n) is 4.21. The molecule has 0 aliphatic rings. The summed E-state index contributed by atoms with van der Waals surface area (Å²) in [5.74, 6) is 2.35. The van der Waals surface area contributed by atoms with Gasteiger partial charge in [-0.25, -0.2) is 4.98 Å². The molecule has 0 bridgehead atoms. The van der Waals surface area contributed by atoms with Crippen LogP contribution in [0, 0.1) is 5.92 Å². The van der Waals surface area contributed by atoms with Crippen LogP contribution in [-0.2, 0) is 24.2 Å². The van der Waals surface area contributed by atoms with Crippen LogP contribution in [0.25, 0.3) is 11.0 Å². The zero-order valence-corrected chi connectivity index (χ0v) is 20.5. The summed E-state index contributed by atoms with van der Waals surface area (Å²) in [4.78, 5) is 17.1. The van der Waals surface area contributed by atoms with Crippen molar-refractivity contribution in [1.82, 2.24) is 14.9 Å². The number of carbonyl (C=O) groups is 1. The summed E-state index contributed by atoms with van der Waals surface area (Å²) in [6, 6.07) is 16.7. The van der Waals surface area contributed by atoms with Crippen LogP contribution < -0.4 is 10.1 Å². The largest absolute Gasteiger partial charge is 0.494 e. The van der Waals surface area contributed by atoms with Gasteiger partial charge in [-0.05, 0) is 68.4 Å². The smallest absolute Gasteiger partial charge is 0.223 e. The van der Waals surface area contributed by atoms with Gasteiger partial charge in [0.25, 0.3) is 0 Å². The van der Waals surface area contributed by atoms with Crippen molar-refractivity contribution < 1.29 is 9.53 Å². The average Bonchev–Trinajstić information content (AvgIpc) is 3.20. The number of carbonyl (C=O) groups excluding carboxylic acids is 1. The van der Waals surface area contributed by atoms with E-state index in [4.69, 9.17) is 9.72 Å². The monoisotopic (exact) mass is 449 g/mol. The first-order valence-corrected chi connectivity index (χ1v) is 12.6. The molecule has 1 heterocycles. The van der Waals surface area contributed by atoms with Crippen molar-refractivity contribution in [2.75, 3.05) is 13.2 Å². The van der Waals surface area contributed by atoms with Crippen LogP contribution in [-0.4, -0.2) is 28.6 Å². The number of unbranched alkanes of at least 4 members (excludes halogenated alkanes) is 1. The van der Waals surface area contributed by atoms with Gasteiger partial charge in [-0.15, -0.1) is 0 Å². The Labute approximate surface area is 198 Å². The van der Waals surface area contributed by atoms with E-state index in [0.717, 1.165) is 75.2 Å². The van der Waals surface area contributed by atoms with E-state index in [-0.39, 0.29) is 11.8 Å². The third kappa shape index (κ3) is 7.08. The van der Waals surface area contributed by atoms with Crippen molar-refractivity contribution >= 4 is 16.9 Å². The minimum Gasteiger partial charge on any atom is -0.494 e. The van der Waals surface area contributed by atoms with Crippen LogP contribution in [0.2, 0.25) is 0 Å². The predicted octanol–water partition coefficient (Wildman–Crippen LogP) is 5.94. The normalized spacial score (nSPS) is 11.3. The van der Waals surface area contributed by atoms with Gasteiger partial charge < -0.3 is 14.6 Å². The highest BCUT2D eigenvalue weighted by Gasteiger charge is 2.14. The number of nitrogens with one attached hydrogen (secondary N) is 1. The minimum absolute atomic E-state index is 0.126. The van der Waals surface area contributed by atoms with Gasteiger partial charge in [-0.3, -0.25) is 4.79 Å². The molecule has 0 atom stereocenters. The number of rotatable bonds is 14. The maximum absolute atomic E-state index is 12.2. The summed E-state index contributed by atoms with van der Waals surface area (Å²) in [5.41, 5.74) is 3.56. The molecule has 1 amide bonds. The number of nitrogens with zero attached hydrogens (tertiary/aromatic N) is 2. The molecular formula is C28H39N3O2. The van der Waals surface area contributed by atoms with E-state index in [2.05, 4.69) is 73.1 Å². The molecule has 0 radical (unpaired) electrons. The van der Waals surface area contributed by atoms with Gasteiger partial charge in [-0.1, -0.05) is 45.0 Å². The van der Waals surface area contributed by atoms with Crippen molar-refractivity contribution in [2.45, 2.75) is 72.3 Å². The predicted molar refractivity (Wildman–Crippen MR) is 136 cm³/mol. The van der Waals surface area contributed by atoms with E-state index in [1.54, 1.807) is 0 Å². The number of imidazole rings is 1. The Morgan fingerprint density at radius 2 is 1.76 bits per heavy atom. The second-order valence-electron chi connectivity index (χ2n) is 8.63. The van der Waals surface area contributed by atoms with Crippen LogP contribution in [0.1, 0.15) is 64.3 Å². The standard InChI is InChI=1S/C28H39N3O2/c1-4-22-15-17-24(18-16-22)33-21-10-9-20-31-26-13-8-7-12-25(26)30-27(31)14-11-19-29-28(32)23(5-2)6-3/h7-8,12-13,15-18,23H,4-6,9-11,14,19-21H2,1-3H3,(H,29,32). The third-order valence-corrected chi connectivity index (χ3v) is 6.34. The molecule has 33 heavy (non-hydrogen) atoms. The molecule has 5 nitrogen and oxygen atoms in total. The first-order valence-electron chi connectivity index (χ1n) is 12.6. The molecule has 0 aliphatic carbocycles. The second kappa shape index (κ2) is 13.0. The Morgan fingerprint density at radius 3 is 2.48 bits per heavy atom. The summed E-state index contributed by atoms with van der Waals surface area (Å²) in [6.07, 6.45) is 6.62. The molecule has 3 rings (SSSR count).